The Balaban J connectivity index is 2.16. The Kier molecular flexibility index (Phi) is 4.66. The number of nitrogen functional groups attached to an aromatic ring is 1. The highest BCUT2D eigenvalue weighted by molar-refractivity contribution is 5.98. The van der Waals surface area contributed by atoms with Gasteiger partial charge in [0.25, 0.3) is 5.69 Å². The lowest BCUT2D eigenvalue weighted by Gasteiger charge is -2.07. The molecule has 0 unspecified atom stereocenters. The number of non-ortho nitro benzene ring substituents is 1. The highest BCUT2D eigenvalue weighted by Gasteiger charge is 2.24. The van der Waals surface area contributed by atoms with E-state index in [0.717, 1.165) is 5.56 Å². The monoisotopic (exact) mass is 352 g/mol. The van der Waals surface area contributed by atoms with Crippen LogP contribution in [-0.4, -0.2) is 27.3 Å². The Labute approximate surface area is 149 Å². The van der Waals surface area contributed by atoms with E-state index < -0.39 is 10.9 Å². The second-order valence-corrected chi connectivity index (χ2v) is 5.38. The molecule has 1 heterocycles. The Morgan fingerprint density at radius 1 is 1.19 bits per heavy atom. The summed E-state index contributed by atoms with van der Waals surface area (Å²) < 4.78 is 6.44. The second-order valence-electron chi connectivity index (χ2n) is 5.38. The molecule has 0 aliphatic heterocycles. The predicted octanol–water partition coefficient (Wildman–Crippen LogP) is 3.21. The zero-order valence-corrected chi connectivity index (χ0v) is 14.0. The zero-order chi connectivity index (χ0) is 18.7. The maximum absolute atomic E-state index is 12.4. The van der Waals surface area contributed by atoms with E-state index >= 15 is 0 Å². The van der Waals surface area contributed by atoms with Gasteiger partial charge in [-0.3, -0.25) is 10.1 Å². The normalized spacial score (nSPS) is 10.5. The number of ether oxygens (including phenoxy) is 1. The molecule has 0 aliphatic rings. The first-order valence-corrected chi connectivity index (χ1v) is 7.88. The highest BCUT2D eigenvalue weighted by atomic mass is 16.6. The van der Waals surface area contributed by atoms with E-state index in [-0.39, 0.29) is 23.7 Å². The lowest BCUT2D eigenvalue weighted by Crippen LogP contribution is -2.13. The lowest BCUT2D eigenvalue weighted by molar-refractivity contribution is -0.384. The van der Waals surface area contributed by atoms with Crippen molar-refractivity contribution in [2.75, 3.05) is 12.3 Å². The molecule has 0 aliphatic carbocycles. The van der Waals surface area contributed by atoms with Crippen molar-refractivity contribution in [3.63, 3.8) is 0 Å². The first kappa shape index (κ1) is 17.2. The van der Waals surface area contributed by atoms with E-state index in [9.17, 15) is 14.9 Å². The number of carbonyl (C=O) groups is 1. The number of nitro benzene ring substituents is 1. The van der Waals surface area contributed by atoms with Crippen molar-refractivity contribution in [1.82, 2.24) is 9.78 Å². The predicted molar refractivity (Wildman–Crippen MR) is 96.0 cm³/mol. The van der Waals surface area contributed by atoms with E-state index in [1.807, 2.05) is 30.3 Å². The van der Waals surface area contributed by atoms with Crippen LogP contribution in [0.3, 0.4) is 0 Å². The number of carbonyl (C=O) groups excluding carboxylic acids is 1. The van der Waals surface area contributed by atoms with Crippen molar-refractivity contribution >= 4 is 17.3 Å². The van der Waals surface area contributed by atoms with E-state index in [4.69, 9.17) is 10.5 Å². The lowest BCUT2D eigenvalue weighted by atomic mass is 10.1. The van der Waals surface area contributed by atoms with Gasteiger partial charge in [-0.1, -0.05) is 30.3 Å². The van der Waals surface area contributed by atoms with Crippen LogP contribution in [0.25, 0.3) is 16.9 Å². The number of hydrogen-bond donors (Lipinski definition) is 1. The maximum atomic E-state index is 12.4. The summed E-state index contributed by atoms with van der Waals surface area (Å²) in [6.07, 6.45) is 0. The van der Waals surface area contributed by atoms with Gasteiger partial charge in [-0.15, -0.1) is 0 Å². The fourth-order valence-electron chi connectivity index (χ4n) is 2.54. The van der Waals surface area contributed by atoms with Crippen LogP contribution >= 0.6 is 0 Å². The van der Waals surface area contributed by atoms with Gasteiger partial charge in [0.05, 0.1) is 22.9 Å². The third-order valence-corrected chi connectivity index (χ3v) is 3.74. The number of nitrogens with two attached hydrogens (primary N) is 1. The highest BCUT2D eigenvalue weighted by Crippen LogP contribution is 2.30. The number of nitrogens with zero attached hydrogens (tertiary/aromatic N) is 3. The minimum Gasteiger partial charge on any atom is -0.461 e. The van der Waals surface area contributed by atoms with Crippen LogP contribution in [0, 0.1) is 10.1 Å². The summed E-state index contributed by atoms with van der Waals surface area (Å²) >= 11 is 0. The summed E-state index contributed by atoms with van der Waals surface area (Å²) in [5.74, 6) is -0.613. The molecule has 0 saturated carbocycles. The summed E-state index contributed by atoms with van der Waals surface area (Å²) in [6.45, 7) is 1.88. The molecule has 0 bridgehead atoms. The summed E-state index contributed by atoms with van der Waals surface area (Å²) in [7, 11) is 0. The molecule has 26 heavy (non-hydrogen) atoms. The van der Waals surface area contributed by atoms with Crippen molar-refractivity contribution in [3.8, 4) is 16.9 Å². The van der Waals surface area contributed by atoms with Crippen molar-refractivity contribution in [3.05, 3.63) is 70.4 Å². The molecule has 8 heteroatoms. The molecule has 1 aromatic heterocycles. The average Bonchev–Trinajstić information content (AvgIpc) is 3.00. The molecule has 3 aromatic rings. The van der Waals surface area contributed by atoms with E-state index in [0.29, 0.717) is 11.4 Å². The number of benzene rings is 2. The van der Waals surface area contributed by atoms with Crippen LogP contribution in [0.2, 0.25) is 0 Å². The third-order valence-electron chi connectivity index (χ3n) is 3.74. The van der Waals surface area contributed by atoms with Gasteiger partial charge in [-0.05, 0) is 19.1 Å². The fourth-order valence-corrected chi connectivity index (χ4v) is 2.54. The van der Waals surface area contributed by atoms with Crippen LogP contribution in [0.5, 0.6) is 0 Å². The van der Waals surface area contributed by atoms with Crippen molar-refractivity contribution in [2.45, 2.75) is 6.92 Å². The smallest absolute Gasteiger partial charge is 0.359 e. The van der Waals surface area contributed by atoms with E-state index in [1.165, 1.54) is 28.9 Å². The number of anilines is 1. The molecule has 3 rings (SSSR count). The number of aromatic nitrogens is 2. The summed E-state index contributed by atoms with van der Waals surface area (Å²) in [4.78, 5) is 22.8. The van der Waals surface area contributed by atoms with E-state index in [1.54, 1.807) is 6.92 Å². The number of nitro groups is 1. The van der Waals surface area contributed by atoms with Gasteiger partial charge < -0.3 is 10.5 Å². The van der Waals surface area contributed by atoms with E-state index in [2.05, 4.69) is 5.10 Å². The van der Waals surface area contributed by atoms with Gasteiger partial charge in [0.1, 0.15) is 5.69 Å². The molecule has 0 amide bonds. The fraction of sp³-hybridized carbons (Fsp3) is 0.111. The Bertz CT molecular complexity index is 949. The summed E-state index contributed by atoms with van der Waals surface area (Å²) in [5.41, 5.74) is 8.05. The molecule has 0 spiro atoms. The number of hydrogen-bond acceptors (Lipinski definition) is 6. The summed E-state index contributed by atoms with van der Waals surface area (Å²) in [6, 6.07) is 14.9. The largest absolute Gasteiger partial charge is 0.461 e. The average molecular weight is 352 g/mol. The second kappa shape index (κ2) is 7.06. The Hall–Kier alpha value is -3.68. The maximum Gasteiger partial charge on any atom is 0.359 e. The van der Waals surface area contributed by atoms with Crippen LogP contribution < -0.4 is 5.73 Å². The Morgan fingerprint density at radius 2 is 1.85 bits per heavy atom. The standard InChI is InChI=1S/C18H16N4O4/c1-2-26-18(23)17-15(19)16(12-6-4-3-5-7-12)20-21(17)13-8-10-14(11-9-13)22(24)25/h3-11H,2,19H2,1H3. The molecule has 2 N–H and O–H groups in total. The van der Waals surface area contributed by atoms with Gasteiger partial charge in [0, 0.05) is 17.7 Å². The van der Waals surface area contributed by atoms with Crippen LogP contribution in [-0.2, 0) is 4.74 Å². The molecule has 132 valence electrons. The molecule has 8 nitrogen and oxygen atoms in total. The topological polar surface area (TPSA) is 113 Å². The van der Waals surface area contributed by atoms with Crippen LogP contribution in [0.1, 0.15) is 17.4 Å². The van der Waals surface area contributed by atoms with Crippen molar-refractivity contribution < 1.29 is 14.5 Å². The number of rotatable bonds is 5. The van der Waals surface area contributed by atoms with Gasteiger partial charge in [0.2, 0.25) is 0 Å². The van der Waals surface area contributed by atoms with Gasteiger partial charge >= 0.3 is 5.97 Å². The van der Waals surface area contributed by atoms with Gasteiger partial charge in [0.15, 0.2) is 5.69 Å². The minimum atomic E-state index is -0.613. The zero-order valence-electron chi connectivity index (χ0n) is 14.0. The van der Waals surface area contributed by atoms with Crippen molar-refractivity contribution in [1.29, 1.82) is 0 Å². The Morgan fingerprint density at radius 3 is 2.42 bits per heavy atom. The molecular formula is C18H16N4O4. The first-order valence-electron chi connectivity index (χ1n) is 7.88. The van der Waals surface area contributed by atoms with Gasteiger partial charge in [-0.2, -0.15) is 5.10 Å². The molecule has 0 radical (unpaired) electrons. The van der Waals surface area contributed by atoms with Crippen LogP contribution in [0.4, 0.5) is 11.4 Å². The quantitative estimate of drug-likeness (QED) is 0.428. The third kappa shape index (κ3) is 3.12. The molecular weight excluding hydrogens is 336 g/mol. The molecule has 0 fully saturated rings. The SMILES string of the molecule is CCOC(=O)c1c(N)c(-c2ccccc2)nn1-c1ccc([N+](=O)[O-])cc1. The van der Waals surface area contributed by atoms with Gasteiger partial charge in [-0.25, -0.2) is 9.48 Å². The van der Waals surface area contributed by atoms with Crippen molar-refractivity contribution in [2.24, 2.45) is 0 Å². The minimum absolute atomic E-state index is 0.0603. The molecule has 2 aromatic carbocycles. The first-order chi connectivity index (χ1) is 12.5. The summed E-state index contributed by atoms with van der Waals surface area (Å²) in [5, 5.41) is 15.3. The number of esters is 1. The van der Waals surface area contributed by atoms with Crippen LogP contribution in [0.15, 0.2) is 54.6 Å². The molecule has 0 saturated heterocycles. The molecule has 0 atom stereocenters.